The van der Waals surface area contributed by atoms with E-state index in [4.69, 9.17) is 5.84 Å². The van der Waals surface area contributed by atoms with Gasteiger partial charge in [0, 0.05) is 0 Å². The molecule has 0 heterocycles. The Hall–Kier alpha value is -1.87. The standard InChI is InChI=1S/C15H17FN2/c1-11-3-5-12(2)15(10-4-11)18(17)14-8-6-13(16)7-9-14/h3-4,6-10H,5,17H2,1-2H3. The van der Waals surface area contributed by atoms with Crippen LogP contribution in [0.1, 0.15) is 20.3 Å². The Kier molecular flexibility index (Phi) is 3.63. The molecule has 94 valence electrons. The minimum absolute atomic E-state index is 0.258. The summed E-state index contributed by atoms with van der Waals surface area (Å²) in [7, 11) is 0. The second-order valence-corrected chi connectivity index (χ2v) is 4.50. The Bertz CT molecular complexity index is 524. The van der Waals surface area contributed by atoms with Gasteiger partial charge in [-0.25, -0.2) is 10.2 Å². The average Bonchev–Trinajstić information content (AvgIpc) is 2.52. The van der Waals surface area contributed by atoms with E-state index < -0.39 is 0 Å². The zero-order valence-electron chi connectivity index (χ0n) is 10.7. The van der Waals surface area contributed by atoms with E-state index in [1.54, 1.807) is 17.1 Å². The van der Waals surface area contributed by atoms with Gasteiger partial charge in [-0.2, -0.15) is 0 Å². The van der Waals surface area contributed by atoms with Crippen LogP contribution in [-0.2, 0) is 0 Å². The number of allylic oxidation sites excluding steroid dienone is 5. The number of benzene rings is 1. The maximum Gasteiger partial charge on any atom is 0.123 e. The van der Waals surface area contributed by atoms with Gasteiger partial charge in [0.2, 0.25) is 0 Å². The molecule has 0 aromatic heterocycles. The maximum absolute atomic E-state index is 12.9. The molecule has 1 aliphatic carbocycles. The van der Waals surface area contributed by atoms with E-state index in [9.17, 15) is 4.39 Å². The lowest BCUT2D eigenvalue weighted by Gasteiger charge is -2.21. The van der Waals surface area contributed by atoms with Crippen LogP contribution in [0.3, 0.4) is 0 Å². The van der Waals surface area contributed by atoms with Crippen molar-refractivity contribution < 1.29 is 4.39 Å². The number of hydrazine groups is 1. The van der Waals surface area contributed by atoms with Crippen LogP contribution in [0.4, 0.5) is 10.1 Å². The van der Waals surface area contributed by atoms with Crippen LogP contribution in [0, 0.1) is 5.82 Å². The van der Waals surface area contributed by atoms with Crippen molar-refractivity contribution in [2.75, 3.05) is 5.01 Å². The van der Waals surface area contributed by atoms with Crippen molar-refractivity contribution in [2.24, 2.45) is 5.84 Å². The predicted molar refractivity (Wildman–Crippen MR) is 73.3 cm³/mol. The molecule has 0 fully saturated rings. The van der Waals surface area contributed by atoms with Gasteiger partial charge >= 0.3 is 0 Å². The quantitative estimate of drug-likeness (QED) is 0.635. The minimum atomic E-state index is -0.258. The Labute approximate surface area is 107 Å². The van der Waals surface area contributed by atoms with Crippen molar-refractivity contribution in [1.29, 1.82) is 0 Å². The van der Waals surface area contributed by atoms with Crippen LogP contribution in [0.15, 0.2) is 59.3 Å². The fourth-order valence-corrected chi connectivity index (χ4v) is 1.87. The monoisotopic (exact) mass is 244 g/mol. The fourth-order valence-electron chi connectivity index (χ4n) is 1.87. The molecule has 0 atom stereocenters. The Balaban J connectivity index is 2.31. The lowest BCUT2D eigenvalue weighted by atomic mass is 10.1. The van der Waals surface area contributed by atoms with Gasteiger partial charge in [-0.3, -0.25) is 5.01 Å². The summed E-state index contributed by atoms with van der Waals surface area (Å²) >= 11 is 0. The summed E-state index contributed by atoms with van der Waals surface area (Å²) in [6.07, 6.45) is 7.08. The van der Waals surface area contributed by atoms with E-state index in [0.717, 1.165) is 17.8 Å². The predicted octanol–water partition coefficient (Wildman–Crippen LogP) is 3.69. The van der Waals surface area contributed by atoms with Crippen LogP contribution in [-0.4, -0.2) is 0 Å². The van der Waals surface area contributed by atoms with Gasteiger partial charge in [0.15, 0.2) is 0 Å². The molecule has 0 saturated carbocycles. The molecule has 2 nitrogen and oxygen atoms in total. The molecule has 2 rings (SSSR count). The molecule has 0 bridgehead atoms. The first-order valence-electron chi connectivity index (χ1n) is 5.93. The minimum Gasteiger partial charge on any atom is -0.280 e. The molecule has 1 aromatic rings. The topological polar surface area (TPSA) is 29.3 Å². The van der Waals surface area contributed by atoms with Crippen LogP contribution in [0.25, 0.3) is 0 Å². The highest BCUT2D eigenvalue weighted by molar-refractivity contribution is 5.55. The van der Waals surface area contributed by atoms with Crippen molar-refractivity contribution in [3.63, 3.8) is 0 Å². The average molecular weight is 244 g/mol. The first kappa shape index (κ1) is 12.6. The molecular formula is C15H17FN2. The summed E-state index contributed by atoms with van der Waals surface area (Å²) in [5, 5.41) is 1.59. The molecule has 1 aliphatic rings. The lowest BCUT2D eigenvalue weighted by molar-refractivity contribution is 0.627. The number of nitrogens with two attached hydrogens (primary N) is 1. The van der Waals surface area contributed by atoms with Crippen LogP contribution in [0.5, 0.6) is 0 Å². The Morgan fingerprint density at radius 2 is 1.78 bits per heavy atom. The van der Waals surface area contributed by atoms with Gasteiger partial charge in [-0.1, -0.05) is 17.7 Å². The van der Waals surface area contributed by atoms with E-state index in [1.807, 2.05) is 12.2 Å². The van der Waals surface area contributed by atoms with Gasteiger partial charge in [0.1, 0.15) is 5.82 Å². The summed E-state index contributed by atoms with van der Waals surface area (Å²) in [6, 6.07) is 6.17. The van der Waals surface area contributed by atoms with Gasteiger partial charge in [-0.05, 0) is 56.2 Å². The van der Waals surface area contributed by atoms with Crippen LogP contribution >= 0.6 is 0 Å². The van der Waals surface area contributed by atoms with E-state index in [2.05, 4.69) is 19.9 Å². The third-order valence-corrected chi connectivity index (χ3v) is 3.04. The Morgan fingerprint density at radius 1 is 1.11 bits per heavy atom. The highest BCUT2D eigenvalue weighted by Crippen LogP contribution is 2.23. The number of halogens is 1. The SMILES string of the molecule is CC1=CCC(C)=C(N(N)c2ccc(F)cc2)C=C1. The third-order valence-electron chi connectivity index (χ3n) is 3.04. The molecule has 0 saturated heterocycles. The van der Waals surface area contributed by atoms with E-state index in [-0.39, 0.29) is 5.82 Å². The normalized spacial score (nSPS) is 15.4. The van der Waals surface area contributed by atoms with Gasteiger partial charge in [-0.15, -0.1) is 0 Å². The largest absolute Gasteiger partial charge is 0.280 e. The third kappa shape index (κ3) is 2.68. The summed E-state index contributed by atoms with van der Waals surface area (Å²) in [5.41, 5.74) is 4.14. The molecule has 3 heteroatoms. The summed E-state index contributed by atoms with van der Waals surface area (Å²) in [6.45, 7) is 4.11. The highest BCUT2D eigenvalue weighted by Gasteiger charge is 2.10. The van der Waals surface area contributed by atoms with Gasteiger partial charge < -0.3 is 0 Å². The molecule has 18 heavy (non-hydrogen) atoms. The lowest BCUT2D eigenvalue weighted by Crippen LogP contribution is -2.30. The number of nitrogens with zero attached hydrogens (tertiary/aromatic N) is 1. The second kappa shape index (κ2) is 5.19. The molecule has 0 aliphatic heterocycles. The van der Waals surface area contributed by atoms with Crippen molar-refractivity contribution in [2.45, 2.75) is 20.3 Å². The first-order chi connectivity index (χ1) is 8.58. The first-order valence-corrected chi connectivity index (χ1v) is 5.93. The van der Waals surface area contributed by atoms with Crippen molar-refractivity contribution in [1.82, 2.24) is 0 Å². The molecular weight excluding hydrogens is 227 g/mol. The number of rotatable bonds is 2. The van der Waals surface area contributed by atoms with Crippen molar-refractivity contribution >= 4 is 5.69 Å². The van der Waals surface area contributed by atoms with Gasteiger partial charge in [0.05, 0.1) is 11.4 Å². The highest BCUT2D eigenvalue weighted by atomic mass is 19.1. The summed E-state index contributed by atoms with van der Waals surface area (Å²) in [5.74, 6) is 5.85. The molecule has 1 aromatic carbocycles. The number of anilines is 1. The molecule has 0 amide bonds. The maximum atomic E-state index is 12.9. The van der Waals surface area contributed by atoms with Crippen LogP contribution in [0.2, 0.25) is 0 Å². The molecule has 0 radical (unpaired) electrons. The molecule has 0 unspecified atom stereocenters. The smallest absolute Gasteiger partial charge is 0.123 e. The fraction of sp³-hybridized carbons (Fsp3) is 0.200. The van der Waals surface area contributed by atoms with E-state index in [0.29, 0.717) is 0 Å². The molecule has 2 N–H and O–H groups in total. The van der Waals surface area contributed by atoms with Crippen molar-refractivity contribution in [3.8, 4) is 0 Å². The zero-order chi connectivity index (χ0) is 13.1. The summed E-state index contributed by atoms with van der Waals surface area (Å²) in [4.78, 5) is 0. The van der Waals surface area contributed by atoms with Crippen molar-refractivity contribution in [3.05, 3.63) is 65.2 Å². The number of hydrogen-bond donors (Lipinski definition) is 1. The Morgan fingerprint density at radius 3 is 2.44 bits per heavy atom. The zero-order valence-corrected chi connectivity index (χ0v) is 10.7. The van der Waals surface area contributed by atoms with Gasteiger partial charge in [0.25, 0.3) is 0 Å². The summed E-state index contributed by atoms with van der Waals surface area (Å²) < 4.78 is 12.9. The number of hydrogen-bond acceptors (Lipinski definition) is 2. The van der Waals surface area contributed by atoms with Crippen LogP contribution < -0.4 is 10.9 Å². The van der Waals surface area contributed by atoms with E-state index in [1.165, 1.54) is 23.3 Å². The second-order valence-electron chi connectivity index (χ2n) is 4.50. The van der Waals surface area contributed by atoms with E-state index >= 15 is 0 Å². The molecule has 0 spiro atoms.